The van der Waals surface area contributed by atoms with Crippen molar-refractivity contribution >= 4 is 11.6 Å². The summed E-state index contributed by atoms with van der Waals surface area (Å²) in [4.78, 5) is 25.6. The second-order valence-corrected chi connectivity index (χ2v) is 12.8. The molecular weight excluding hydrogens is 476 g/mol. The molecule has 208 valence electrons. The molecule has 8 heteroatoms. The Kier molecular flexibility index (Phi) is 7.94. The highest BCUT2D eigenvalue weighted by atomic mass is 16.7. The van der Waals surface area contributed by atoms with Crippen molar-refractivity contribution in [2.75, 3.05) is 20.2 Å². The molecule has 0 heterocycles. The van der Waals surface area contributed by atoms with Crippen LogP contribution in [0.5, 0.6) is 0 Å². The molecule has 0 bridgehead atoms. The number of carbonyl (C=O) groups excluding carboxylic acids is 2. The molecule has 0 aliphatic heterocycles. The maximum atomic E-state index is 13.4. The van der Waals surface area contributed by atoms with Gasteiger partial charge in [-0.25, -0.2) is 0 Å². The van der Waals surface area contributed by atoms with Gasteiger partial charge in [-0.1, -0.05) is 25.5 Å². The first-order valence-corrected chi connectivity index (χ1v) is 13.5. The molecule has 0 saturated heterocycles. The lowest BCUT2D eigenvalue weighted by molar-refractivity contribution is -0.255. The van der Waals surface area contributed by atoms with Crippen LogP contribution < -0.4 is 0 Å². The molecule has 0 aromatic carbocycles. The predicted molar refractivity (Wildman–Crippen MR) is 136 cm³/mol. The van der Waals surface area contributed by atoms with Gasteiger partial charge in [-0.15, -0.1) is 0 Å². The Hall–Kier alpha value is -1.42. The molecule has 3 fully saturated rings. The van der Waals surface area contributed by atoms with Crippen LogP contribution in [0.1, 0.15) is 73.6 Å². The molecule has 8 nitrogen and oxygen atoms in total. The summed E-state index contributed by atoms with van der Waals surface area (Å²) >= 11 is 0. The van der Waals surface area contributed by atoms with E-state index >= 15 is 0 Å². The van der Waals surface area contributed by atoms with Gasteiger partial charge in [0.2, 0.25) is 0 Å². The first kappa shape index (κ1) is 28.6. The number of carbonyl (C=O) groups is 2. The van der Waals surface area contributed by atoms with Crippen LogP contribution in [0, 0.1) is 34.5 Å². The molecule has 2 N–H and O–H groups in total. The maximum absolute atomic E-state index is 13.4. The normalized spacial score (nSPS) is 37.6. The van der Waals surface area contributed by atoms with Gasteiger partial charge in [-0.3, -0.25) is 9.59 Å². The molecule has 0 aromatic heterocycles. The van der Waals surface area contributed by atoms with E-state index in [2.05, 4.69) is 19.9 Å². The Labute approximate surface area is 220 Å². The molecule has 3 saturated carbocycles. The van der Waals surface area contributed by atoms with Crippen LogP contribution in [-0.4, -0.2) is 59.7 Å². The van der Waals surface area contributed by atoms with Crippen molar-refractivity contribution in [2.45, 2.75) is 91.3 Å². The molecular formula is C29H44O8. The van der Waals surface area contributed by atoms with E-state index in [1.807, 2.05) is 0 Å². The summed E-state index contributed by atoms with van der Waals surface area (Å²) in [6, 6.07) is 0. The van der Waals surface area contributed by atoms with Crippen LogP contribution >= 0.6 is 0 Å². The van der Waals surface area contributed by atoms with Crippen molar-refractivity contribution < 1.29 is 38.7 Å². The first-order chi connectivity index (χ1) is 17.1. The lowest BCUT2D eigenvalue weighted by Crippen LogP contribution is -2.57. The molecule has 37 heavy (non-hydrogen) atoms. The summed E-state index contributed by atoms with van der Waals surface area (Å²) in [5.74, 6) is -1.85. The van der Waals surface area contributed by atoms with Crippen molar-refractivity contribution in [3.05, 3.63) is 23.8 Å². The van der Waals surface area contributed by atoms with E-state index in [0.29, 0.717) is 18.3 Å². The smallest absolute Gasteiger partial charge is 0.178 e. The van der Waals surface area contributed by atoms with Crippen LogP contribution in [0.15, 0.2) is 23.8 Å². The zero-order valence-corrected chi connectivity index (χ0v) is 23.1. The largest absolute Gasteiger partial charge is 0.366 e. The van der Waals surface area contributed by atoms with Crippen molar-refractivity contribution in [1.29, 1.82) is 0 Å². The van der Waals surface area contributed by atoms with E-state index in [1.54, 1.807) is 26.0 Å². The second kappa shape index (κ2) is 10.3. The number of ketones is 2. The Morgan fingerprint density at radius 1 is 1.05 bits per heavy atom. The van der Waals surface area contributed by atoms with Gasteiger partial charge in [0.15, 0.2) is 36.7 Å². The maximum Gasteiger partial charge on any atom is 0.178 e. The average molecular weight is 521 g/mol. The van der Waals surface area contributed by atoms with Crippen molar-refractivity contribution in [2.24, 2.45) is 34.5 Å². The predicted octanol–water partition coefficient (Wildman–Crippen LogP) is 3.90. The monoisotopic (exact) mass is 520 g/mol. The number of aliphatic hydroxyl groups is 2. The zero-order valence-electron chi connectivity index (χ0n) is 23.1. The van der Waals surface area contributed by atoms with Gasteiger partial charge >= 0.3 is 0 Å². The average Bonchev–Trinajstić information content (AvgIpc) is 3.12. The molecule has 0 amide bonds. The summed E-state index contributed by atoms with van der Waals surface area (Å²) in [5, 5.41) is 19.8. The molecule has 0 unspecified atom stereocenters. The minimum atomic E-state index is -1.32. The summed E-state index contributed by atoms with van der Waals surface area (Å²) < 4.78 is 22.6. The Morgan fingerprint density at radius 3 is 2.41 bits per heavy atom. The third-order valence-electron chi connectivity index (χ3n) is 9.29. The lowest BCUT2D eigenvalue weighted by atomic mass is 9.46. The van der Waals surface area contributed by atoms with Crippen LogP contribution in [0.2, 0.25) is 0 Å². The van der Waals surface area contributed by atoms with Gasteiger partial charge in [0.1, 0.15) is 6.61 Å². The zero-order chi connectivity index (χ0) is 27.2. The summed E-state index contributed by atoms with van der Waals surface area (Å²) in [5.41, 5.74) is 0.605. The van der Waals surface area contributed by atoms with Gasteiger partial charge in [0.05, 0.1) is 6.10 Å². The quantitative estimate of drug-likeness (QED) is 0.330. The molecule has 4 aliphatic carbocycles. The molecule has 0 aromatic rings. The number of rotatable bonds is 10. The van der Waals surface area contributed by atoms with Gasteiger partial charge in [-0.2, -0.15) is 0 Å². The SMILES string of the molecule is CC(C)(O)OCOCC(=O)[C@H]1CC[C@H]2[C@@H]3CCC4=CC(=O)C=C[C@]4(C)[C@H]3[C@@H](OCOC(C)(C)O)C[C@]12C. The van der Waals surface area contributed by atoms with E-state index in [-0.39, 0.29) is 60.5 Å². The van der Waals surface area contributed by atoms with Crippen molar-refractivity contribution in [3.8, 4) is 0 Å². The third kappa shape index (κ3) is 5.94. The summed E-state index contributed by atoms with van der Waals surface area (Å²) in [7, 11) is 0. The van der Waals surface area contributed by atoms with Gasteiger partial charge in [0.25, 0.3) is 0 Å². The fourth-order valence-electron chi connectivity index (χ4n) is 7.67. The molecule has 7 atom stereocenters. The number of hydrogen-bond acceptors (Lipinski definition) is 8. The Morgan fingerprint density at radius 2 is 1.73 bits per heavy atom. The molecule has 4 aliphatic rings. The van der Waals surface area contributed by atoms with Crippen molar-refractivity contribution in [1.82, 2.24) is 0 Å². The van der Waals surface area contributed by atoms with Gasteiger partial charge < -0.3 is 29.2 Å². The molecule has 0 spiro atoms. The topological polar surface area (TPSA) is 112 Å². The van der Waals surface area contributed by atoms with Gasteiger partial charge in [-0.05, 0) is 89.2 Å². The fraction of sp³-hybridized carbons (Fsp3) is 0.793. The Bertz CT molecular complexity index is 941. The highest BCUT2D eigenvalue weighted by Gasteiger charge is 2.63. The Balaban J connectivity index is 1.56. The fourth-order valence-corrected chi connectivity index (χ4v) is 7.67. The van der Waals surface area contributed by atoms with E-state index in [4.69, 9.17) is 18.9 Å². The van der Waals surface area contributed by atoms with Gasteiger partial charge in [0, 0.05) is 17.3 Å². The van der Waals surface area contributed by atoms with E-state index in [9.17, 15) is 19.8 Å². The number of fused-ring (bicyclic) bond motifs is 5. The minimum Gasteiger partial charge on any atom is -0.366 e. The van der Waals surface area contributed by atoms with E-state index in [0.717, 1.165) is 31.3 Å². The van der Waals surface area contributed by atoms with Crippen LogP contribution in [0.4, 0.5) is 0 Å². The van der Waals surface area contributed by atoms with E-state index in [1.165, 1.54) is 13.8 Å². The lowest BCUT2D eigenvalue weighted by Gasteiger charge is -2.59. The van der Waals surface area contributed by atoms with E-state index < -0.39 is 11.6 Å². The number of allylic oxidation sites excluding steroid dienone is 4. The van der Waals surface area contributed by atoms with Crippen LogP contribution in [-0.2, 0) is 28.5 Å². The first-order valence-electron chi connectivity index (χ1n) is 13.5. The van der Waals surface area contributed by atoms with Crippen molar-refractivity contribution in [3.63, 3.8) is 0 Å². The summed E-state index contributed by atoms with van der Waals surface area (Å²) in [6.07, 6.45) is 9.62. The highest BCUT2D eigenvalue weighted by Crippen LogP contribution is 2.66. The number of hydrogen-bond donors (Lipinski definition) is 2. The molecule has 4 rings (SSSR count). The summed E-state index contributed by atoms with van der Waals surface area (Å²) in [6.45, 7) is 10.4. The standard InChI is InChI=1S/C29H44O8/c1-26(2,32)36-16-34-15-23(31)22-10-9-21-20-8-7-18-13-19(30)11-12-28(18,5)25(20)24(14-29(21,22)6)35-17-37-27(3,4)33/h11-13,20-22,24-25,32-33H,7-10,14-17H2,1-6H3/t20-,21-,22+,24-,25+,28-,29-/m0/s1. The number of ether oxygens (including phenoxy) is 4. The van der Waals surface area contributed by atoms with Crippen LogP contribution in [0.3, 0.4) is 0 Å². The third-order valence-corrected chi connectivity index (χ3v) is 9.29. The molecule has 0 radical (unpaired) electrons. The van der Waals surface area contributed by atoms with Crippen LogP contribution in [0.25, 0.3) is 0 Å². The minimum absolute atomic E-state index is 0.0366. The number of Topliss-reactive ketones (excluding diaryl/α,β-unsaturated/α-hetero) is 1. The second-order valence-electron chi connectivity index (χ2n) is 12.8. The highest BCUT2D eigenvalue weighted by molar-refractivity contribution is 6.01.